The zero-order valence-electron chi connectivity index (χ0n) is 17.3. The molecule has 1 fully saturated rings. The van der Waals surface area contributed by atoms with Crippen LogP contribution in [-0.2, 0) is 17.7 Å². The first-order valence-corrected chi connectivity index (χ1v) is 10.5. The lowest BCUT2D eigenvalue weighted by Gasteiger charge is -2.26. The molecule has 6 nitrogen and oxygen atoms in total. The van der Waals surface area contributed by atoms with Crippen molar-refractivity contribution < 1.29 is 14.3 Å². The van der Waals surface area contributed by atoms with Crippen LogP contribution in [0.25, 0.3) is 11.0 Å². The first kappa shape index (κ1) is 20.3. The molecule has 1 aliphatic heterocycles. The Morgan fingerprint density at radius 2 is 1.93 bits per heavy atom. The summed E-state index contributed by atoms with van der Waals surface area (Å²) in [5, 5.41) is 0. The van der Waals surface area contributed by atoms with Crippen molar-refractivity contribution in [1.82, 2.24) is 14.5 Å². The Labute approximate surface area is 176 Å². The van der Waals surface area contributed by atoms with Gasteiger partial charge < -0.3 is 14.2 Å². The molecule has 3 heterocycles. The minimum atomic E-state index is 0.0294. The molecule has 6 heteroatoms. The minimum absolute atomic E-state index is 0.0294. The Balaban J connectivity index is 1.43. The molecule has 0 unspecified atom stereocenters. The SMILES string of the molecule is CC(=O)c1cccc(CCCCn2cc(C(=O)N3CCOCC3)c3ncccc32)c1. The van der Waals surface area contributed by atoms with Gasteiger partial charge in [0.25, 0.3) is 5.91 Å². The van der Waals surface area contributed by atoms with Crippen LogP contribution in [0.1, 0.15) is 46.0 Å². The number of amides is 1. The molecule has 30 heavy (non-hydrogen) atoms. The average molecular weight is 405 g/mol. The highest BCUT2D eigenvalue weighted by Gasteiger charge is 2.23. The van der Waals surface area contributed by atoms with E-state index in [9.17, 15) is 9.59 Å². The van der Waals surface area contributed by atoms with E-state index in [1.807, 2.05) is 41.4 Å². The summed E-state index contributed by atoms with van der Waals surface area (Å²) >= 11 is 0. The summed E-state index contributed by atoms with van der Waals surface area (Å²) in [5.74, 6) is 0.127. The third-order valence-corrected chi connectivity index (χ3v) is 5.61. The quantitative estimate of drug-likeness (QED) is 0.444. The van der Waals surface area contributed by atoms with Crippen LogP contribution in [-0.4, -0.2) is 52.4 Å². The van der Waals surface area contributed by atoms with Crippen LogP contribution in [0.3, 0.4) is 0 Å². The summed E-state index contributed by atoms with van der Waals surface area (Å²) in [4.78, 5) is 30.9. The molecule has 1 amide bonds. The van der Waals surface area contributed by atoms with Crippen LogP contribution in [0.5, 0.6) is 0 Å². The van der Waals surface area contributed by atoms with Crippen molar-refractivity contribution in [2.45, 2.75) is 32.7 Å². The Bertz CT molecular complexity index is 1050. The lowest BCUT2D eigenvalue weighted by atomic mass is 10.0. The fraction of sp³-hybridized carbons (Fsp3) is 0.375. The van der Waals surface area contributed by atoms with E-state index in [2.05, 4.69) is 15.6 Å². The molecule has 0 saturated carbocycles. The van der Waals surface area contributed by atoms with Gasteiger partial charge in [0.1, 0.15) is 5.52 Å². The van der Waals surface area contributed by atoms with Crippen LogP contribution in [0.15, 0.2) is 48.8 Å². The van der Waals surface area contributed by atoms with Gasteiger partial charge in [0.2, 0.25) is 0 Å². The smallest absolute Gasteiger partial charge is 0.257 e. The van der Waals surface area contributed by atoms with Crippen molar-refractivity contribution in [3.8, 4) is 0 Å². The number of ether oxygens (including phenoxy) is 1. The molecule has 0 bridgehead atoms. The van der Waals surface area contributed by atoms with E-state index in [0.717, 1.165) is 42.4 Å². The number of benzene rings is 1. The number of ketones is 1. The lowest BCUT2D eigenvalue weighted by molar-refractivity contribution is 0.0304. The topological polar surface area (TPSA) is 64.4 Å². The predicted molar refractivity (Wildman–Crippen MR) is 116 cm³/mol. The second kappa shape index (κ2) is 9.22. The fourth-order valence-electron chi connectivity index (χ4n) is 3.96. The fourth-order valence-corrected chi connectivity index (χ4v) is 3.96. The highest BCUT2D eigenvalue weighted by atomic mass is 16.5. The first-order valence-electron chi connectivity index (χ1n) is 10.5. The number of unbranched alkanes of at least 4 members (excludes halogenated alkanes) is 1. The maximum Gasteiger partial charge on any atom is 0.257 e. The third kappa shape index (κ3) is 4.44. The van der Waals surface area contributed by atoms with E-state index in [1.54, 1.807) is 13.1 Å². The van der Waals surface area contributed by atoms with Gasteiger partial charge >= 0.3 is 0 Å². The molecular formula is C24H27N3O3. The molecule has 3 aromatic rings. The van der Waals surface area contributed by atoms with Gasteiger partial charge in [-0.3, -0.25) is 14.6 Å². The van der Waals surface area contributed by atoms with E-state index < -0.39 is 0 Å². The van der Waals surface area contributed by atoms with Crippen molar-refractivity contribution in [3.63, 3.8) is 0 Å². The van der Waals surface area contributed by atoms with Gasteiger partial charge in [-0.1, -0.05) is 18.2 Å². The van der Waals surface area contributed by atoms with Crippen LogP contribution >= 0.6 is 0 Å². The van der Waals surface area contributed by atoms with Crippen molar-refractivity contribution in [2.24, 2.45) is 0 Å². The maximum absolute atomic E-state index is 13.0. The van der Waals surface area contributed by atoms with E-state index in [-0.39, 0.29) is 11.7 Å². The average Bonchev–Trinajstić information content (AvgIpc) is 3.16. The molecule has 4 rings (SSSR count). The van der Waals surface area contributed by atoms with Crippen molar-refractivity contribution >= 4 is 22.7 Å². The summed E-state index contributed by atoms with van der Waals surface area (Å²) in [6.45, 7) is 4.84. The van der Waals surface area contributed by atoms with E-state index >= 15 is 0 Å². The summed E-state index contributed by atoms with van der Waals surface area (Å²) in [6.07, 6.45) is 6.61. The highest BCUT2D eigenvalue weighted by Crippen LogP contribution is 2.22. The molecule has 1 saturated heterocycles. The Hall–Kier alpha value is -2.99. The molecule has 0 spiro atoms. The van der Waals surface area contributed by atoms with Gasteiger partial charge in [-0.25, -0.2) is 0 Å². The number of aryl methyl sites for hydroxylation is 2. The standard InChI is InChI=1S/C24H27N3O3/c1-18(28)20-8-4-7-19(16-20)6-2-3-11-27-17-21(23-22(27)9-5-10-25-23)24(29)26-12-14-30-15-13-26/h4-5,7-10,16-17H,2-3,6,11-15H2,1H3. The van der Waals surface area contributed by atoms with Gasteiger partial charge in [-0.15, -0.1) is 0 Å². The third-order valence-electron chi connectivity index (χ3n) is 5.61. The minimum Gasteiger partial charge on any atom is -0.378 e. The zero-order chi connectivity index (χ0) is 20.9. The van der Waals surface area contributed by atoms with Crippen molar-refractivity contribution in [2.75, 3.05) is 26.3 Å². The number of fused-ring (bicyclic) bond motifs is 1. The summed E-state index contributed by atoms with van der Waals surface area (Å²) in [5.41, 5.74) is 4.38. The van der Waals surface area contributed by atoms with E-state index in [4.69, 9.17) is 4.74 Å². The molecule has 1 aromatic carbocycles. The number of pyridine rings is 1. The lowest BCUT2D eigenvalue weighted by Crippen LogP contribution is -2.40. The van der Waals surface area contributed by atoms with Crippen LogP contribution in [0, 0.1) is 0 Å². The molecule has 0 radical (unpaired) electrons. The first-order chi connectivity index (χ1) is 14.6. The van der Waals surface area contributed by atoms with Crippen LogP contribution in [0.2, 0.25) is 0 Å². The number of rotatable bonds is 7. The van der Waals surface area contributed by atoms with Gasteiger partial charge in [0.05, 0.1) is 24.3 Å². The molecule has 1 aliphatic rings. The zero-order valence-corrected chi connectivity index (χ0v) is 17.3. The molecular weight excluding hydrogens is 378 g/mol. The molecule has 156 valence electrons. The number of hydrogen-bond donors (Lipinski definition) is 0. The van der Waals surface area contributed by atoms with Crippen LogP contribution in [0.4, 0.5) is 0 Å². The Morgan fingerprint density at radius 1 is 1.10 bits per heavy atom. The number of nitrogens with zero attached hydrogens (tertiary/aromatic N) is 3. The van der Waals surface area contributed by atoms with E-state index in [0.29, 0.717) is 31.9 Å². The largest absolute Gasteiger partial charge is 0.378 e. The second-order valence-electron chi connectivity index (χ2n) is 7.73. The monoisotopic (exact) mass is 405 g/mol. The number of hydrogen-bond acceptors (Lipinski definition) is 4. The van der Waals surface area contributed by atoms with Crippen molar-refractivity contribution in [3.05, 3.63) is 65.5 Å². The van der Waals surface area contributed by atoms with E-state index in [1.165, 1.54) is 5.56 Å². The summed E-state index contributed by atoms with van der Waals surface area (Å²) < 4.78 is 7.51. The van der Waals surface area contributed by atoms with Crippen LogP contribution < -0.4 is 0 Å². The summed E-state index contributed by atoms with van der Waals surface area (Å²) in [7, 11) is 0. The van der Waals surface area contributed by atoms with Gasteiger partial charge in [0.15, 0.2) is 5.78 Å². The maximum atomic E-state index is 13.0. The summed E-state index contributed by atoms with van der Waals surface area (Å²) in [6, 6.07) is 11.8. The number of Topliss-reactive ketones (excluding diaryl/α,β-unsaturated/α-hetero) is 1. The number of carbonyl (C=O) groups excluding carboxylic acids is 2. The van der Waals surface area contributed by atoms with Gasteiger partial charge in [-0.2, -0.15) is 0 Å². The van der Waals surface area contributed by atoms with Crippen molar-refractivity contribution in [1.29, 1.82) is 0 Å². The highest BCUT2D eigenvalue weighted by molar-refractivity contribution is 6.05. The predicted octanol–water partition coefficient (Wildman–Crippen LogP) is 3.73. The Kier molecular flexibility index (Phi) is 6.23. The normalized spacial score (nSPS) is 14.2. The molecule has 0 atom stereocenters. The van der Waals surface area contributed by atoms with Gasteiger partial charge in [-0.05, 0) is 49.9 Å². The number of morpholine rings is 1. The molecule has 2 aromatic heterocycles. The Morgan fingerprint density at radius 3 is 2.73 bits per heavy atom. The number of aromatic nitrogens is 2. The van der Waals surface area contributed by atoms with Gasteiger partial charge in [0, 0.05) is 37.6 Å². The molecule has 0 aliphatic carbocycles. The second-order valence-corrected chi connectivity index (χ2v) is 7.73. The number of carbonyl (C=O) groups is 2. The molecule has 0 N–H and O–H groups in total.